The lowest BCUT2D eigenvalue weighted by Gasteiger charge is -2.49. The average molecular weight is 372 g/mol. The second kappa shape index (κ2) is 7.74. The molecule has 7 nitrogen and oxygen atoms in total. The van der Waals surface area contributed by atoms with E-state index in [9.17, 15) is 9.18 Å². The van der Waals surface area contributed by atoms with E-state index in [1.807, 2.05) is 10.9 Å². The minimum Gasteiger partial charge on any atom is -0.352 e. The summed E-state index contributed by atoms with van der Waals surface area (Å²) in [4.78, 5) is 15.1. The number of benzene rings is 1. The quantitative estimate of drug-likeness (QED) is 0.787. The summed E-state index contributed by atoms with van der Waals surface area (Å²) >= 11 is 0. The molecule has 0 radical (unpaired) electrons. The molecule has 1 aromatic carbocycles. The maximum absolute atomic E-state index is 13.0. The normalized spacial score (nSPS) is 26.9. The van der Waals surface area contributed by atoms with E-state index >= 15 is 0 Å². The van der Waals surface area contributed by atoms with Crippen LogP contribution in [-0.4, -0.2) is 44.9 Å². The monoisotopic (exact) mass is 372 g/mol. The zero-order valence-corrected chi connectivity index (χ0v) is 15.2. The zero-order valence-electron chi connectivity index (χ0n) is 15.2. The molecule has 0 spiro atoms. The molecular formula is C19H25FN6O. The van der Waals surface area contributed by atoms with Crippen molar-refractivity contribution in [3.05, 3.63) is 47.5 Å². The summed E-state index contributed by atoms with van der Waals surface area (Å²) in [5, 5.41) is 11.2. The lowest BCUT2D eigenvalue weighted by molar-refractivity contribution is -0.133. The van der Waals surface area contributed by atoms with Crippen molar-refractivity contribution in [1.29, 1.82) is 0 Å². The van der Waals surface area contributed by atoms with Crippen LogP contribution in [-0.2, 0) is 24.4 Å². The molecule has 144 valence electrons. The Kier molecular flexibility index (Phi) is 5.18. The van der Waals surface area contributed by atoms with Crippen molar-refractivity contribution in [3.8, 4) is 0 Å². The molecule has 27 heavy (non-hydrogen) atoms. The number of rotatable bonds is 6. The fourth-order valence-corrected chi connectivity index (χ4v) is 4.28. The SMILES string of the molecule is NCc1cn(C[C@H]2C[C@H]3CCN2C[C@H]3C(=O)NCc2ccc(F)cc2)nn1. The lowest BCUT2D eigenvalue weighted by Crippen LogP contribution is -2.58. The highest BCUT2D eigenvalue weighted by Gasteiger charge is 2.43. The Morgan fingerprint density at radius 1 is 1.33 bits per heavy atom. The Morgan fingerprint density at radius 3 is 2.81 bits per heavy atom. The Hall–Kier alpha value is -2.32. The maximum Gasteiger partial charge on any atom is 0.224 e. The van der Waals surface area contributed by atoms with Crippen molar-refractivity contribution in [3.63, 3.8) is 0 Å². The first-order chi connectivity index (χ1) is 13.1. The molecule has 0 aliphatic carbocycles. The van der Waals surface area contributed by atoms with E-state index in [1.165, 1.54) is 12.1 Å². The van der Waals surface area contributed by atoms with Gasteiger partial charge in [-0.05, 0) is 43.0 Å². The van der Waals surface area contributed by atoms with E-state index in [2.05, 4.69) is 20.5 Å². The van der Waals surface area contributed by atoms with Gasteiger partial charge in [-0.25, -0.2) is 4.39 Å². The van der Waals surface area contributed by atoms with Gasteiger partial charge in [0.25, 0.3) is 0 Å². The number of hydrogen-bond acceptors (Lipinski definition) is 5. The Bertz CT molecular complexity index is 792. The van der Waals surface area contributed by atoms with Crippen LogP contribution in [0.2, 0.25) is 0 Å². The Morgan fingerprint density at radius 2 is 2.15 bits per heavy atom. The summed E-state index contributed by atoms with van der Waals surface area (Å²) in [5.74, 6) is 0.245. The number of aromatic nitrogens is 3. The van der Waals surface area contributed by atoms with Crippen LogP contribution >= 0.6 is 0 Å². The Balaban J connectivity index is 1.32. The number of halogens is 1. The summed E-state index contributed by atoms with van der Waals surface area (Å²) in [6, 6.07) is 6.63. The number of nitrogens with two attached hydrogens (primary N) is 1. The molecule has 2 bridgehead atoms. The van der Waals surface area contributed by atoms with Crippen LogP contribution in [0.1, 0.15) is 24.1 Å². The largest absolute Gasteiger partial charge is 0.352 e. The van der Waals surface area contributed by atoms with Crippen LogP contribution in [0, 0.1) is 17.7 Å². The number of piperidine rings is 3. The summed E-state index contributed by atoms with van der Waals surface area (Å²) in [6.07, 6.45) is 3.94. The zero-order chi connectivity index (χ0) is 18.8. The molecule has 5 rings (SSSR count). The van der Waals surface area contributed by atoms with Crippen molar-refractivity contribution < 1.29 is 9.18 Å². The summed E-state index contributed by atoms with van der Waals surface area (Å²) in [6.45, 7) is 3.42. The molecule has 1 unspecified atom stereocenters. The van der Waals surface area contributed by atoms with Crippen molar-refractivity contribution in [1.82, 2.24) is 25.2 Å². The van der Waals surface area contributed by atoms with Gasteiger partial charge >= 0.3 is 0 Å². The van der Waals surface area contributed by atoms with Crippen molar-refractivity contribution in [2.24, 2.45) is 17.6 Å². The van der Waals surface area contributed by atoms with Gasteiger partial charge < -0.3 is 11.1 Å². The van der Waals surface area contributed by atoms with Gasteiger partial charge in [-0.2, -0.15) is 0 Å². The van der Waals surface area contributed by atoms with E-state index in [-0.39, 0.29) is 17.6 Å². The van der Waals surface area contributed by atoms with Gasteiger partial charge in [-0.15, -0.1) is 5.10 Å². The minimum atomic E-state index is -0.264. The van der Waals surface area contributed by atoms with E-state index in [1.54, 1.807) is 12.1 Å². The van der Waals surface area contributed by atoms with Crippen molar-refractivity contribution in [2.45, 2.75) is 38.5 Å². The summed E-state index contributed by atoms with van der Waals surface area (Å²) in [7, 11) is 0. The van der Waals surface area contributed by atoms with Gasteiger partial charge in [-0.3, -0.25) is 14.4 Å². The predicted molar refractivity (Wildman–Crippen MR) is 97.7 cm³/mol. The number of carbonyl (C=O) groups excluding carboxylic acids is 1. The number of nitrogens with one attached hydrogen (secondary N) is 1. The predicted octanol–water partition coefficient (Wildman–Crippen LogP) is 0.903. The summed E-state index contributed by atoms with van der Waals surface area (Å²) in [5.41, 5.74) is 7.30. The van der Waals surface area contributed by atoms with Crippen LogP contribution in [0.5, 0.6) is 0 Å². The third-order valence-electron chi connectivity index (χ3n) is 5.79. The van der Waals surface area contributed by atoms with Gasteiger partial charge in [0, 0.05) is 31.9 Å². The van der Waals surface area contributed by atoms with Gasteiger partial charge in [-0.1, -0.05) is 17.3 Å². The van der Waals surface area contributed by atoms with Gasteiger partial charge in [0.05, 0.1) is 18.2 Å². The standard InChI is InChI=1S/C19H25FN6O/c20-15-3-1-13(2-4-15)9-22-19(27)18-12-25-6-5-14(18)7-17(25)11-26-10-16(8-21)23-24-26/h1-4,10,14,17-18H,5-9,11-12,21H2,(H,22,27)/t14-,17-,18-/m1/s1. The summed E-state index contributed by atoms with van der Waals surface area (Å²) < 4.78 is 14.8. The molecule has 1 aromatic heterocycles. The fourth-order valence-electron chi connectivity index (χ4n) is 4.28. The molecule has 0 saturated carbocycles. The second-order valence-corrected chi connectivity index (χ2v) is 7.52. The van der Waals surface area contributed by atoms with Crippen molar-refractivity contribution in [2.75, 3.05) is 13.1 Å². The van der Waals surface area contributed by atoms with Crippen LogP contribution in [0.3, 0.4) is 0 Å². The molecule has 3 aliphatic rings. The first kappa shape index (κ1) is 18.1. The van der Waals surface area contributed by atoms with Crippen LogP contribution in [0.15, 0.2) is 30.5 Å². The number of hydrogen-bond donors (Lipinski definition) is 2. The number of carbonyl (C=O) groups is 1. The van der Waals surface area contributed by atoms with E-state index in [4.69, 9.17) is 5.73 Å². The fraction of sp³-hybridized carbons (Fsp3) is 0.526. The molecular weight excluding hydrogens is 347 g/mol. The molecule has 3 saturated heterocycles. The van der Waals surface area contributed by atoms with E-state index in [0.29, 0.717) is 25.0 Å². The number of nitrogens with zero attached hydrogens (tertiary/aromatic N) is 4. The van der Waals surface area contributed by atoms with Gasteiger partial charge in [0.2, 0.25) is 5.91 Å². The highest BCUT2D eigenvalue weighted by molar-refractivity contribution is 5.79. The van der Waals surface area contributed by atoms with Crippen molar-refractivity contribution >= 4 is 5.91 Å². The molecule has 3 aliphatic heterocycles. The van der Waals surface area contributed by atoms with Gasteiger partial charge in [0.15, 0.2) is 0 Å². The smallest absolute Gasteiger partial charge is 0.224 e. The van der Waals surface area contributed by atoms with Crippen LogP contribution < -0.4 is 11.1 Å². The first-order valence-electron chi connectivity index (χ1n) is 9.47. The highest BCUT2D eigenvalue weighted by Crippen LogP contribution is 2.36. The molecule has 4 heterocycles. The topological polar surface area (TPSA) is 89.1 Å². The van der Waals surface area contributed by atoms with Crippen LogP contribution in [0.4, 0.5) is 4.39 Å². The molecule has 4 atom stereocenters. The number of fused-ring (bicyclic) bond motifs is 3. The van der Waals surface area contributed by atoms with Crippen LogP contribution in [0.25, 0.3) is 0 Å². The van der Waals surface area contributed by atoms with Gasteiger partial charge in [0.1, 0.15) is 5.82 Å². The Labute approximate surface area is 157 Å². The molecule has 8 heteroatoms. The maximum atomic E-state index is 13.0. The number of amides is 1. The van der Waals surface area contributed by atoms with E-state index in [0.717, 1.165) is 43.7 Å². The average Bonchev–Trinajstić information content (AvgIpc) is 3.15. The lowest BCUT2D eigenvalue weighted by atomic mass is 9.75. The molecule has 3 fully saturated rings. The third kappa shape index (κ3) is 4.01. The first-order valence-corrected chi connectivity index (χ1v) is 9.47. The molecule has 3 N–H and O–H groups in total. The molecule has 1 amide bonds. The highest BCUT2D eigenvalue weighted by atomic mass is 19.1. The second-order valence-electron chi connectivity index (χ2n) is 7.52. The van der Waals surface area contributed by atoms with E-state index < -0.39 is 0 Å². The third-order valence-corrected chi connectivity index (χ3v) is 5.79. The molecule has 2 aromatic rings. The minimum absolute atomic E-state index is 0.0193.